The van der Waals surface area contributed by atoms with Crippen LogP contribution in [-0.2, 0) is 0 Å². The van der Waals surface area contributed by atoms with Crippen LogP contribution in [0.25, 0.3) is 0 Å². The van der Waals surface area contributed by atoms with Gasteiger partial charge < -0.3 is 0 Å². The second-order valence-corrected chi connectivity index (χ2v) is 3.76. The van der Waals surface area contributed by atoms with Crippen molar-refractivity contribution in [3.8, 4) is 12.3 Å². The van der Waals surface area contributed by atoms with E-state index < -0.39 is 0 Å². The van der Waals surface area contributed by atoms with E-state index in [9.17, 15) is 0 Å². The van der Waals surface area contributed by atoms with Gasteiger partial charge in [-0.05, 0) is 23.8 Å². The molecule has 0 bridgehead atoms. The minimum atomic E-state index is 0.561. The Bertz CT molecular complexity index is 123. The van der Waals surface area contributed by atoms with Gasteiger partial charge in [0, 0.05) is 5.92 Å². The average molecular weight is 140 g/mol. The summed E-state index contributed by atoms with van der Waals surface area (Å²) in [5, 5.41) is 0. The maximum atomic E-state index is 5.33. The van der Waals surface area contributed by atoms with E-state index in [0.717, 1.165) is 5.92 Å². The van der Waals surface area contributed by atoms with Crippen LogP contribution in [0.4, 0.5) is 0 Å². The molecule has 1 rings (SSSR count). The van der Waals surface area contributed by atoms with Gasteiger partial charge >= 0.3 is 0 Å². The zero-order chi connectivity index (χ0) is 6.69. The molecule has 0 nitrogen and oxygen atoms in total. The van der Waals surface area contributed by atoms with Crippen LogP contribution in [0.3, 0.4) is 0 Å². The SMILES string of the molecule is C#CC1CCSCC1C. The molecule has 0 spiro atoms. The molecule has 1 saturated heterocycles. The molecule has 0 N–H and O–H groups in total. The minimum absolute atomic E-state index is 0.561. The number of terminal acetylenes is 1. The van der Waals surface area contributed by atoms with Crippen LogP contribution in [0.5, 0.6) is 0 Å². The molecule has 0 aromatic carbocycles. The number of hydrogen-bond donors (Lipinski definition) is 0. The Balaban J connectivity index is 2.41. The molecular weight excluding hydrogens is 128 g/mol. The Morgan fingerprint density at radius 3 is 2.89 bits per heavy atom. The first kappa shape index (κ1) is 7.02. The summed E-state index contributed by atoms with van der Waals surface area (Å²) in [7, 11) is 0. The van der Waals surface area contributed by atoms with Crippen LogP contribution in [0, 0.1) is 24.2 Å². The molecule has 0 saturated carbocycles. The van der Waals surface area contributed by atoms with Gasteiger partial charge in [0.1, 0.15) is 0 Å². The first-order chi connectivity index (χ1) is 4.34. The molecule has 1 heterocycles. The molecule has 1 fully saturated rings. The van der Waals surface area contributed by atoms with Crippen LogP contribution in [-0.4, -0.2) is 11.5 Å². The van der Waals surface area contributed by atoms with E-state index in [4.69, 9.17) is 6.42 Å². The maximum absolute atomic E-state index is 5.33. The molecule has 2 atom stereocenters. The van der Waals surface area contributed by atoms with Crippen molar-refractivity contribution in [2.45, 2.75) is 13.3 Å². The summed E-state index contributed by atoms with van der Waals surface area (Å²) in [5.74, 6) is 6.67. The second-order valence-electron chi connectivity index (χ2n) is 2.61. The summed E-state index contributed by atoms with van der Waals surface area (Å²) >= 11 is 2.03. The Morgan fingerprint density at radius 1 is 1.67 bits per heavy atom. The molecule has 1 heteroatoms. The van der Waals surface area contributed by atoms with Crippen LogP contribution in [0.15, 0.2) is 0 Å². The molecule has 0 aromatic heterocycles. The van der Waals surface area contributed by atoms with Crippen molar-refractivity contribution < 1.29 is 0 Å². The van der Waals surface area contributed by atoms with Crippen molar-refractivity contribution in [3.63, 3.8) is 0 Å². The fourth-order valence-electron chi connectivity index (χ4n) is 1.13. The van der Waals surface area contributed by atoms with Gasteiger partial charge in [-0.25, -0.2) is 0 Å². The molecule has 0 amide bonds. The Kier molecular flexibility index (Phi) is 2.48. The largest absolute Gasteiger partial charge is 0.162 e. The maximum Gasteiger partial charge on any atom is 0.0241 e. The fraction of sp³-hybridized carbons (Fsp3) is 0.750. The van der Waals surface area contributed by atoms with Gasteiger partial charge in [-0.2, -0.15) is 11.8 Å². The highest BCUT2D eigenvalue weighted by atomic mass is 32.2. The molecule has 0 radical (unpaired) electrons. The number of thioether (sulfide) groups is 1. The number of hydrogen-bond acceptors (Lipinski definition) is 1. The molecule has 9 heavy (non-hydrogen) atoms. The van der Waals surface area contributed by atoms with E-state index in [0.29, 0.717) is 5.92 Å². The first-order valence-electron chi connectivity index (χ1n) is 3.38. The standard InChI is InChI=1S/C8H12S/c1-3-8-4-5-9-6-7(8)2/h1,7-8H,4-6H2,2H3. The van der Waals surface area contributed by atoms with Gasteiger partial charge in [0.15, 0.2) is 0 Å². The van der Waals surface area contributed by atoms with Gasteiger partial charge in [0.2, 0.25) is 0 Å². The average Bonchev–Trinajstić information content (AvgIpc) is 1.89. The third-order valence-electron chi connectivity index (χ3n) is 1.85. The monoisotopic (exact) mass is 140 g/mol. The van der Waals surface area contributed by atoms with Gasteiger partial charge in [0.25, 0.3) is 0 Å². The lowest BCUT2D eigenvalue weighted by atomic mass is 9.94. The minimum Gasteiger partial charge on any atom is -0.162 e. The lowest BCUT2D eigenvalue weighted by molar-refractivity contribution is 0.466. The third kappa shape index (κ3) is 1.66. The van der Waals surface area contributed by atoms with E-state index in [1.54, 1.807) is 0 Å². The normalized spacial score (nSPS) is 35.6. The lowest BCUT2D eigenvalue weighted by Gasteiger charge is -2.23. The molecular formula is C8H12S. The topological polar surface area (TPSA) is 0 Å². The second kappa shape index (κ2) is 3.17. The zero-order valence-corrected chi connectivity index (χ0v) is 6.58. The lowest BCUT2D eigenvalue weighted by Crippen LogP contribution is -2.18. The highest BCUT2D eigenvalue weighted by Gasteiger charge is 2.18. The predicted molar refractivity (Wildman–Crippen MR) is 43.4 cm³/mol. The third-order valence-corrected chi connectivity index (χ3v) is 3.14. The summed E-state index contributed by atoms with van der Waals surface area (Å²) in [4.78, 5) is 0. The summed E-state index contributed by atoms with van der Waals surface area (Å²) < 4.78 is 0. The molecule has 1 aliphatic heterocycles. The quantitative estimate of drug-likeness (QED) is 0.464. The van der Waals surface area contributed by atoms with Crippen molar-refractivity contribution in [1.82, 2.24) is 0 Å². The molecule has 1 aliphatic rings. The summed E-state index contributed by atoms with van der Waals surface area (Å²) in [6, 6.07) is 0. The van der Waals surface area contributed by atoms with Crippen molar-refractivity contribution in [2.24, 2.45) is 11.8 Å². The molecule has 0 aliphatic carbocycles. The van der Waals surface area contributed by atoms with E-state index in [-0.39, 0.29) is 0 Å². The van der Waals surface area contributed by atoms with Crippen LogP contribution in [0.1, 0.15) is 13.3 Å². The van der Waals surface area contributed by atoms with Gasteiger partial charge in [-0.15, -0.1) is 12.3 Å². The molecule has 2 unspecified atom stereocenters. The molecule has 0 aromatic rings. The Hall–Kier alpha value is -0.0900. The van der Waals surface area contributed by atoms with Gasteiger partial charge in [0.05, 0.1) is 0 Å². The van der Waals surface area contributed by atoms with Crippen LogP contribution >= 0.6 is 11.8 Å². The van der Waals surface area contributed by atoms with Crippen molar-refractivity contribution >= 4 is 11.8 Å². The van der Waals surface area contributed by atoms with E-state index in [2.05, 4.69) is 12.8 Å². The fourth-order valence-corrected chi connectivity index (χ4v) is 2.32. The summed E-state index contributed by atoms with van der Waals surface area (Å²) in [6.45, 7) is 2.25. The predicted octanol–water partition coefficient (Wildman–Crippen LogP) is 2.01. The first-order valence-corrected chi connectivity index (χ1v) is 4.54. The van der Waals surface area contributed by atoms with Crippen molar-refractivity contribution in [1.29, 1.82) is 0 Å². The smallest absolute Gasteiger partial charge is 0.0241 e. The Labute approximate surface area is 61.4 Å². The van der Waals surface area contributed by atoms with Crippen LogP contribution < -0.4 is 0 Å². The highest BCUT2D eigenvalue weighted by Crippen LogP contribution is 2.27. The summed E-state index contributed by atoms with van der Waals surface area (Å²) in [5.41, 5.74) is 0. The van der Waals surface area contributed by atoms with E-state index in [1.807, 2.05) is 11.8 Å². The van der Waals surface area contributed by atoms with Crippen molar-refractivity contribution in [3.05, 3.63) is 0 Å². The van der Waals surface area contributed by atoms with E-state index >= 15 is 0 Å². The van der Waals surface area contributed by atoms with Crippen LogP contribution in [0.2, 0.25) is 0 Å². The van der Waals surface area contributed by atoms with Gasteiger partial charge in [-0.3, -0.25) is 0 Å². The van der Waals surface area contributed by atoms with Gasteiger partial charge in [-0.1, -0.05) is 6.92 Å². The molecule has 50 valence electrons. The summed E-state index contributed by atoms with van der Waals surface area (Å²) in [6.07, 6.45) is 6.56. The Morgan fingerprint density at radius 2 is 2.44 bits per heavy atom. The van der Waals surface area contributed by atoms with Crippen molar-refractivity contribution in [2.75, 3.05) is 11.5 Å². The van der Waals surface area contributed by atoms with E-state index in [1.165, 1.54) is 17.9 Å². The zero-order valence-electron chi connectivity index (χ0n) is 5.76. The number of rotatable bonds is 0. The highest BCUT2D eigenvalue weighted by molar-refractivity contribution is 7.99.